The third-order valence-corrected chi connectivity index (χ3v) is 3.98. The number of likely N-dealkylation sites (tertiary alicyclic amines) is 1. The van der Waals surface area contributed by atoms with Gasteiger partial charge in [-0.05, 0) is 18.9 Å². The van der Waals surface area contributed by atoms with Crippen molar-refractivity contribution in [1.29, 1.82) is 0 Å². The Morgan fingerprint density at radius 2 is 1.94 bits per heavy atom. The van der Waals surface area contributed by atoms with Crippen molar-refractivity contribution >= 4 is 5.78 Å². The molecule has 17 heavy (non-hydrogen) atoms. The number of Topliss-reactive ketones (excluding diaryl/α,β-unsaturated/α-hetero) is 1. The van der Waals surface area contributed by atoms with Gasteiger partial charge in [-0.2, -0.15) is 0 Å². The van der Waals surface area contributed by atoms with Gasteiger partial charge in [0.05, 0.1) is 0 Å². The first-order chi connectivity index (χ1) is 8.18. The van der Waals surface area contributed by atoms with Gasteiger partial charge in [0.2, 0.25) is 0 Å². The number of hydrogen-bond acceptors (Lipinski definition) is 2. The summed E-state index contributed by atoms with van der Waals surface area (Å²) < 4.78 is 0. The summed E-state index contributed by atoms with van der Waals surface area (Å²) >= 11 is 0. The molecule has 0 aromatic heterocycles. The highest BCUT2D eigenvalue weighted by Gasteiger charge is 2.30. The minimum absolute atomic E-state index is 0.194. The largest absolute Gasteiger partial charge is 0.299 e. The van der Waals surface area contributed by atoms with Crippen molar-refractivity contribution in [2.45, 2.75) is 32.7 Å². The molecule has 2 unspecified atom stereocenters. The second kappa shape index (κ2) is 5.46. The normalized spacial score (nSPS) is 26.1. The lowest BCUT2D eigenvalue weighted by Crippen LogP contribution is -2.47. The molecule has 0 radical (unpaired) electrons. The van der Waals surface area contributed by atoms with Gasteiger partial charge in [0, 0.05) is 31.5 Å². The predicted octanol–water partition coefficient (Wildman–Crippen LogP) is 2.53. The van der Waals surface area contributed by atoms with Crippen LogP contribution in [0.25, 0.3) is 0 Å². The van der Waals surface area contributed by atoms with Crippen molar-refractivity contribution in [3.8, 4) is 0 Å². The quantitative estimate of drug-likeness (QED) is 0.796. The minimum Gasteiger partial charge on any atom is -0.299 e. The fourth-order valence-electron chi connectivity index (χ4n) is 2.50. The Kier molecular flexibility index (Phi) is 3.95. The Hall–Kier alpha value is -1.15. The first-order valence-corrected chi connectivity index (χ1v) is 6.49. The van der Waals surface area contributed by atoms with Gasteiger partial charge in [-0.15, -0.1) is 0 Å². The highest BCUT2D eigenvalue weighted by atomic mass is 16.1. The van der Waals surface area contributed by atoms with E-state index in [2.05, 4.69) is 43.0 Å². The third kappa shape index (κ3) is 2.95. The maximum atomic E-state index is 11.6. The Morgan fingerprint density at radius 1 is 1.24 bits per heavy atom. The average Bonchev–Trinajstić information content (AvgIpc) is 2.36. The van der Waals surface area contributed by atoms with Crippen molar-refractivity contribution in [1.82, 2.24) is 4.90 Å². The Balaban J connectivity index is 1.89. The van der Waals surface area contributed by atoms with Crippen LogP contribution < -0.4 is 0 Å². The van der Waals surface area contributed by atoms with Gasteiger partial charge in [0.25, 0.3) is 0 Å². The molecule has 0 aliphatic carbocycles. The molecule has 1 saturated heterocycles. The number of carbonyl (C=O) groups excluding carboxylic acids is 1. The molecule has 1 fully saturated rings. The van der Waals surface area contributed by atoms with E-state index < -0.39 is 0 Å². The molecule has 0 bridgehead atoms. The van der Waals surface area contributed by atoms with Crippen LogP contribution in [0.15, 0.2) is 30.3 Å². The van der Waals surface area contributed by atoms with E-state index in [0.29, 0.717) is 11.8 Å². The summed E-state index contributed by atoms with van der Waals surface area (Å²) in [5, 5.41) is 0. The van der Waals surface area contributed by atoms with Crippen molar-refractivity contribution < 1.29 is 4.79 Å². The molecule has 1 aromatic rings. The Morgan fingerprint density at radius 3 is 2.65 bits per heavy atom. The number of nitrogens with zero attached hydrogens (tertiary/aromatic N) is 1. The fourth-order valence-corrected chi connectivity index (χ4v) is 2.50. The van der Waals surface area contributed by atoms with Crippen LogP contribution in [0.2, 0.25) is 0 Å². The van der Waals surface area contributed by atoms with Gasteiger partial charge in [0.1, 0.15) is 5.78 Å². The van der Waals surface area contributed by atoms with Crippen LogP contribution in [-0.2, 0) is 11.2 Å². The van der Waals surface area contributed by atoms with E-state index in [1.165, 1.54) is 5.56 Å². The summed E-state index contributed by atoms with van der Waals surface area (Å²) in [4.78, 5) is 14.0. The summed E-state index contributed by atoms with van der Waals surface area (Å²) in [6.45, 7) is 6.22. The summed E-state index contributed by atoms with van der Waals surface area (Å²) in [5.74, 6) is 0.619. The number of rotatable bonds is 3. The van der Waals surface area contributed by atoms with E-state index in [4.69, 9.17) is 0 Å². The second-order valence-electron chi connectivity index (χ2n) is 5.02. The smallest absolute Gasteiger partial charge is 0.138 e. The number of ketones is 1. The standard InChI is InChI=1S/C15H21NO/c1-12-13(2)16(11-9-15(12)17)10-8-14-6-4-3-5-7-14/h3-7,12-13H,8-11H2,1-2H3. The molecular weight excluding hydrogens is 210 g/mol. The summed E-state index contributed by atoms with van der Waals surface area (Å²) in [6.07, 6.45) is 1.80. The Labute approximate surface area is 104 Å². The van der Waals surface area contributed by atoms with E-state index >= 15 is 0 Å². The van der Waals surface area contributed by atoms with E-state index in [0.717, 1.165) is 25.9 Å². The Bertz CT molecular complexity index is 374. The monoisotopic (exact) mass is 231 g/mol. The number of hydrogen-bond donors (Lipinski definition) is 0. The van der Waals surface area contributed by atoms with Gasteiger partial charge < -0.3 is 0 Å². The molecule has 2 nitrogen and oxygen atoms in total. The molecule has 1 aromatic carbocycles. The SMILES string of the molecule is CC1C(=O)CCN(CCc2ccccc2)C1C. The molecule has 1 heterocycles. The van der Waals surface area contributed by atoms with Crippen molar-refractivity contribution in [3.63, 3.8) is 0 Å². The van der Waals surface area contributed by atoms with Crippen LogP contribution >= 0.6 is 0 Å². The van der Waals surface area contributed by atoms with Gasteiger partial charge >= 0.3 is 0 Å². The predicted molar refractivity (Wildman–Crippen MR) is 70.0 cm³/mol. The van der Waals surface area contributed by atoms with Crippen LogP contribution in [0, 0.1) is 5.92 Å². The van der Waals surface area contributed by atoms with E-state index in [-0.39, 0.29) is 5.92 Å². The van der Waals surface area contributed by atoms with Gasteiger partial charge in [-0.1, -0.05) is 37.3 Å². The highest BCUT2D eigenvalue weighted by Crippen LogP contribution is 2.20. The summed E-state index contributed by atoms with van der Waals surface area (Å²) in [6, 6.07) is 10.9. The molecule has 0 amide bonds. The molecule has 1 aliphatic rings. The second-order valence-corrected chi connectivity index (χ2v) is 5.02. The zero-order chi connectivity index (χ0) is 12.3. The van der Waals surface area contributed by atoms with E-state index in [1.807, 2.05) is 6.07 Å². The number of carbonyl (C=O) groups is 1. The molecular formula is C15H21NO. The van der Waals surface area contributed by atoms with Gasteiger partial charge in [-0.25, -0.2) is 0 Å². The van der Waals surface area contributed by atoms with Crippen LogP contribution in [0.3, 0.4) is 0 Å². The van der Waals surface area contributed by atoms with Crippen LogP contribution in [0.1, 0.15) is 25.8 Å². The molecule has 0 N–H and O–H groups in total. The van der Waals surface area contributed by atoms with Crippen LogP contribution in [-0.4, -0.2) is 29.8 Å². The third-order valence-electron chi connectivity index (χ3n) is 3.98. The average molecular weight is 231 g/mol. The number of benzene rings is 1. The number of piperidine rings is 1. The zero-order valence-corrected chi connectivity index (χ0v) is 10.7. The summed E-state index contributed by atoms with van der Waals surface area (Å²) in [7, 11) is 0. The van der Waals surface area contributed by atoms with Crippen LogP contribution in [0.4, 0.5) is 0 Å². The fraction of sp³-hybridized carbons (Fsp3) is 0.533. The molecule has 92 valence electrons. The molecule has 2 rings (SSSR count). The molecule has 1 aliphatic heterocycles. The van der Waals surface area contributed by atoms with Crippen molar-refractivity contribution in [2.24, 2.45) is 5.92 Å². The molecule has 0 saturated carbocycles. The van der Waals surface area contributed by atoms with Gasteiger partial charge in [0.15, 0.2) is 0 Å². The van der Waals surface area contributed by atoms with Gasteiger partial charge in [-0.3, -0.25) is 9.69 Å². The first kappa shape index (κ1) is 12.3. The minimum atomic E-state index is 0.194. The maximum Gasteiger partial charge on any atom is 0.138 e. The summed E-state index contributed by atoms with van der Waals surface area (Å²) in [5.41, 5.74) is 1.38. The van der Waals surface area contributed by atoms with Crippen molar-refractivity contribution in [3.05, 3.63) is 35.9 Å². The molecule has 0 spiro atoms. The van der Waals surface area contributed by atoms with Crippen molar-refractivity contribution in [2.75, 3.05) is 13.1 Å². The van der Waals surface area contributed by atoms with E-state index in [9.17, 15) is 4.79 Å². The topological polar surface area (TPSA) is 20.3 Å². The lowest BCUT2D eigenvalue weighted by molar-refractivity contribution is -0.127. The maximum absolute atomic E-state index is 11.6. The van der Waals surface area contributed by atoms with E-state index in [1.54, 1.807) is 0 Å². The molecule has 2 heteroatoms. The lowest BCUT2D eigenvalue weighted by Gasteiger charge is -2.36. The highest BCUT2D eigenvalue weighted by molar-refractivity contribution is 5.82. The molecule has 2 atom stereocenters. The lowest BCUT2D eigenvalue weighted by atomic mass is 9.90. The van der Waals surface area contributed by atoms with Crippen LogP contribution in [0.5, 0.6) is 0 Å². The zero-order valence-electron chi connectivity index (χ0n) is 10.7. The first-order valence-electron chi connectivity index (χ1n) is 6.49.